The molecule has 1 aromatic rings. The number of nitrogens with one attached hydrogen (secondary N) is 2. The Morgan fingerprint density at radius 3 is 2.59 bits per heavy atom. The van der Waals surface area contributed by atoms with Crippen LogP contribution in [0.2, 0.25) is 0 Å². The summed E-state index contributed by atoms with van der Waals surface area (Å²) in [4.78, 5) is 4.40. The highest BCUT2D eigenvalue weighted by atomic mass is 127. The zero-order valence-corrected chi connectivity index (χ0v) is 15.5. The molecule has 0 aliphatic rings. The molecule has 4 nitrogen and oxygen atoms in total. The van der Waals surface area contributed by atoms with Crippen LogP contribution in [0.25, 0.3) is 0 Å². The van der Waals surface area contributed by atoms with E-state index < -0.39 is 11.6 Å². The van der Waals surface area contributed by atoms with Gasteiger partial charge in [0.2, 0.25) is 0 Å². The maximum Gasteiger partial charge on any atom is 0.191 e. The maximum absolute atomic E-state index is 13.3. The molecule has 0 saturated heterocycles. The quantitative estimate of drug-likeness (QED) is 0.304. The standard InChI is InChI=1S/C15H23F2N3O.HI/c1-4-18-15(20-10-11(2)3)19-7-8-21-14-6-5-12(16)9-13(14)17;/h5-6,9,11H,4,7-8,10H2,1-3H3,(H2,18,19,20);1H. The first-order valence-electron chi connectivity index (χ1n) is 7.13. The van der Waals surface area contributed by atoms with Gasteiger partial charge < -0.3 is 15.4 Å². The van der Waals surface area contributed by atoms with Crippen molar-refractivity contribution in [1.29, 1.82) is 0 Å². The second kappa shape index (κ2) is 11.4. The monoisotopic (exact) mass is 427 g/mol. The number of guanidine groups is 1. The van der Waals surface area contributed by atoms with Crippen LogP contribution >= 0.6 is 24.0 Å². The molecule has 0 unspecified atom stereocenters. The summed E-state index contributed by atoms with van der Waals surface area (Å²) in [7, 11) is 0. The van der Waals surface area contributed by atoms with Gasteiger partial charge in [0.05, 0.1) is 6.54 Å². The van der Waals surface area contributed by atoms with Gasteiger partial charge in [0.1, 0.15) is 12.4 Å². The predicted octanol–water partition coefficient (Wildman–Crippen LogP) is 3.17. The van der Waals surface area contributed by atoms with Crippen molar-refractivity contribution in [3.8, 4) is 5.75 Å². The molecule has 0 bridgehead atoms. The lowest BCUT2D eigenvalue weighted by Crippen LogP contribution is -2.39. The number of rotatable bonds is 7. The highest BCUT2D eigenvalue weighted by Gasteiger charge is 2.04. The number of nitrogens with zero attached hydrogens (tertiary/aromatic N) is 1. The van der Waals surface area contributed by atoms with Gasteiger partial charge in [0.15, 0.2) is 17.5 Å². The molecule has 0 radical (unpaired) electrons. The van der Waals surface area contributed by atoms with Gasteiger partial charge in [-0.25, -0.2) is 8.78 Å². The summed E-state index contributed by atoms with van der Waals surface area (Å²) in [6.45, 7) is 8.38. The van der Waals surface area contributed by atoms with Crippen LogP contribution in [0.5, 0.6) is 5.75 Å². The van der Waals surface area contributed by atoms with E-state index >= 15 is 0 Å². The number of benzene rings is 1. The minimum Gasteiger partial charge on any atom is -0.489 e. The summed E-state index contributed by atoms with van der Waals surface area (Å²) < 4.78 is 31.3. The van der Waals surface area contributed by atoms with Gasteiger partial charge in [-0.3, -0.25) is 4.99 Å². The molecule has 22 heavy (non-hydrogen) atoms. The maximum atomic E-state index is 13.3. The molecule has 0 fully saturated rings. The van der Waals surface area contributed by atoms with Crippen LogP contribution in [0.15, 0.2) is 23.2 Å². The van der Waals surface area contributed by atoms with Gasteiger partial charge in [0, 0.05) is 19.2 Å². The molecule has 0 amide bonds. The molecule has 0 aromatic heterocycles. The Morgan fingerprint density at radius 1 is 1.27 bits per heavy atom. The summed E-state index contributed by atoms with van der Waals surface area (Å²) >= 11 is 0. The summed E-state index contributed by atoms with van der Waals surface area (Å²) in [6.07, 6.45) is 0. The van der Waals surface area contributed by atoms with Crippen LogP contribution in [0.3, 0.4) is 0 Å². The van der Waals surface area contributed by atoms with Crippen LogP contribution in [0.4, 0.5) is 8.78 Å². The van der Waals surface area contributed by atoms with E-state index in [-0.39, 0.29) is 36.3 Å². The molecule has 0 spiro atoms. The van der Waals surface area contributed by atoms with Crippen molar-refractivity contribution < 1.29 is 13.5 Å². The molecule has 2 N–H and O–H groups in total. The molecular formula is C15H24F2IN3O. The molecule has 0 aliphatic heterocycles. The highest BCUT2D eigenvalue weighted by molar-refractivity contribution is 14.0. The Kier molecular flexibility index (Phi) is 10.9. The zero-order valence-electron chi connectivity index (χ0n) is 13.2. The molecule has 1 aromatic carbocycles. The third-order valence-electron chi connectivity index (χ3n) is 2.50. The summed E-state index contributed by atoms with van der Waals surface area (Å²) in [6, 6.07) is 3.25. The largest absolute Gasteiger partial charge is 0.489 e. The normalized spacial score (nSPS) is 11.1. The Balaban J connectivity index is 0.00000441. The fourth-order valence-corrected chi connectivity index (χ4v) is 1.54. The molecule has 0 atom stereocenters. The van der Waals surface area contributed by atoms with Gasteiger partial charge in [0.25, 0.3) is 0 Å². The van der Waals surface area contributed by atoms with Crippen LogP contribution in [-0.4, -0.2) is 32.2 Å². The highest BCUT2D eigenvalue weighted by Crippen LogP contribution is 2.17. The lowest BCUT2D eigenvalue weighted by molar-refractivity contribution is 0.304. The van der Waals surface area contributed by atoms with Gasteiger partial charge in [-0.1, -0.05) is 13.8 Å². The SMILES string of the molecule is CCNC(=NCC(C)C)NCCOc1ccc(F)cc1F.I. The molecule has 0 aliphatic carbocycles. The van der Waals surface area contributed by atoms with E-state index in [0.717, 1.165) is 19.2 Å². The van der Waals surface area contributed by atoms with E-state index in [4.69, 9.17) is 4.74 Å². The molecule has 7 heteroatoms. The van der Waals surface area contributed by atoms with E-state index in [1.165, 1.54) is 12.1 Å². The molecular weight excluding hydrogens is 403 g/mol. The first-order chi connectivity index (χ1) is 10.0. The minimum atomic E-state index is -0.699. The van der Waals surface area contributed by atoms with Crippen molar-refractivity contribution in [2.24, 2.45) is 10.9 Å². The Morgan fingerprint density at radius 2 is 2.00 bits per heavy atom. The molecule has 1 rings (SSSR count). The van der Waals surface area contributed by atoms with E-state index in [1.54, 1.807) is 0 Å². The number of ether oxygens (including phenoxy) is 1. The van der Waals surface area contributed by atoms with Crippen LogP contribution in [0, 0.1) is 17.6 Å². The number of hydrogen-bond donors (Lipinski definition) is 2. The number of halogens is 3. The summed E-state index contributed by atoms with van der Waals surface area (Å²) in [5.41, 5.74) is 0. The van der Waals surface area contributed by atoms with Crippen molar-refractivity contribution in [2.75, 3.05) is 26.2 Å². The van der Waals surface area contributed by atoms with Crippen molar-refractivity contribution in [1.82, 2.24) is 10.6 Å². The fourth-order valence-electron chi connectivity index (χ4n) is 1.54. The van der Waals surface area contributed by atoms with Gasteiger partial charge in [-0.05, 0) is 25.0 Å². The minimum absolute atomic E-state index is 0. The fraction of sp³-hybridized carbons (Fsp3) is 0.533. The second-order valence-corrected chi connectivity index (χ2v) is 4.96. The first-order valence-corrected chi connectivity index (χ1v) is 7.13. The van der Waals surface area contributed by atoms with Crippen molar-refractivity contribution in [3.63, 3.8) is 0 Å². The lowest BCUT2D eigenvalue weighted by atomic mass is 10.2. The van der Waals surface area contributed by atoms with Crippen LogP contribution in [0.1, 0.15) is 20.8 Å². The number of aliphatic imine (C=N–C) groups is 1. The van der Waals surface area contributed by atoms with Gasteiger partial charge >= 0.3 is 0 Å². The molecule has 0 heterocycles. The van der Waals surface area contributed by atoms with Gasteiger partial charge in [-0.2, -0.15) is 0 Å². The lowest BCUT2D eigenvalue weighted by Gasteiger charge is -2.13. The second-order valence-electron chi connectivity index (χ2n) is 4.96. The van der Waals surface area contributed by atoms with E-state index in [2.05, 4.69) is 29.5 Å². The Bertz CT molecular complexity index is 470. The Labute approximate surface area is 147 Å². The average Bonchev–Trinajstić information content (AvgIpc) is 2.42. The smallest absolute Gasteiger partial charge is 0.191 e. The third kappa shape index (κ3) is 8.35. The van der Waals surface area contributed by atoms with Crippen molar-refractivity contribution in [2.45, 2.75) is 20.8 Å². The van der Waals surface area contributed by atoms with E-state index in [9.17, 15) is 8.78 Å². The van der Waals surface area contributed by atoms with E-state index in [0.29, 0.717) is 18.4 Å². The summed E-state index contributed by atoms with van der Waals surface area (Å²) in [5.74, 6) is -0.0923. The average molecular weight is 427 g/mol. The zero-order chi connectivity index (χ0) is 15.7. The predicted molar refractivity (Wildman–Crippen MR) is 96.1 cm³/mol. The van der Waals surface area contributed by atoms with Crippen molar-refractivity contribution >= 4 is 29.9 Å². The van der Waals surface area contributed by atoms with Crippen LogP contribution in [-0.2, 0) is 0 Å². The van der Waals surface area contributed by atoms with Gasteiger partial charge in [-0.15, -0.1) is 24.0 Å². The number of hydrogen-bond acceptors (Lipinski definition) is 2. The first kappa shape index (κ1) is 20.9. The third-order valence-corrected chi connectivity index (χ3v) is 2.50. The van der Waals surface area contributed by atoms with Crippen LogP contribution < -0.4 is 15.4 Å². The summed E-state index contributed by atoms with van der Waals surface area (Å²) in [5, 5.41) is 6.21. The van der Waals surface area contributed by atoms with Crippen molar-refractivity contribution in [3.05, 3.63) is 29.8 Å². The van der Waals surface area contributed by atoms with E-state index in [1.807, 2.05) is 6.92 Å². The molecule has 0 saturated carbocycles. The topological polar surface area (TPSA) is 45.7 Å². The molecule has 126 valence electrons. The Hall–Kier alpha value is -1.12.